The Hall–Kier alpha value is -4.46. The highest BCUT2D eigenvalue weighted by atomic mass is 16.1. The molecule has 3 aromatic heterocycles. The summed E-state index contributed by atoms with van der Waals surface area (Å²) in [6.45, 7) is 6.66. The third-order valence-corrected chi connectivity index (χ3v) is 5.82. The van der Waals surface area contributed by atoms with E-state index in [4.69, 9.17) is 5.73 Å². The number of hydrogen-bond donors (Lipinski definition) is 1. The lowest BCUT2D eigenvalue weighted by molar-refractivity contribution is 0.0995. The molecule has 2 N–H and O–H groups in total. The fraction of sp³-hybridized carbons (Fsp3) is 0.214. The Kier molecular flexibility index (Phi) is 7.15. The van der Waals surface area contributed by atoms with Gasteiger partial charge in [0.05, 0.1) is 5.69 Å². The molecule has 0 radical (unpaired) electrons. The van der Waals surface area contributed by atoms with Gasteiger partial charge in [-0.1, -0.05) is 38.1 Å². The quantitative estimate of drug-likeness (QED) is 0.375. The molecule has 0 bridgehead atoms. The van der Waals surface area contributed by atoms with Crippen LogP contribution in [0.2, 0.25) is 0 Å². The minimum Gasteiger partial charge on any atom is -0.364 e. The molecule has 0 spiro atoms. The number of aromatic nitrogens is 5. The Labute approximate surface area is 211 Å². The van der Waals surface area contributed by atoms with Crippen LogP contribution in [0.15, 0.2) is 73.2 Å². The van der Waals surface area contributed by atoms with Crippen LogP contribution in [0.4, 0.5) is 5.95 Å². The van der Waals surface area contributed by atoms with Crippen molar-refractivity contribution in [2.75, 3.05) is 19.0 Å². The highest BCUT2D eigenvalue weighted by Crippen LogP contribution is 2.24. The molecule has 3 heterocycles. The number of benzene rings is 2. The molecule has 1 amide bonds. The third-order valence-electron chi connectivity index (χ3n) is 5.82. The Morgan fingerprint density at radius 3 is 2.25 bits per heavy atom. The van der Waals surface area contributed by atoms with Crippen molar-refractivity contribution < 1.29 is 4.79 Å². The van der Waals surface area contributed by atoms with Gasteiger partial charge in [0.15, 0.2) is 5.69 Å². The van der Waals surface area contributed by atoms with E-state index >= 15 is 0 Å². The first-order valence-electron chi connectivity index (χ1n) is 11.9. The SMILES string of the molecule is CC.Cc1cc(C(N)=O)nn1-c1ccc2c(ccn2Cc2ccc(-c3cnc(N(C)C)nc3)cc2)c1. The van der Waals surface area contributed by atoms with Crippen molar-refractivity contribution >= 4 is 22.8 Å². The minimum atomic E-state index is -0.529. The van der Waals surface area contributed by atoms with Crippen molar-refractivity contribution in [1.82, 2.24) is 24.3 Å². The fourth-order valence-corrected chi connectivity index (χ4v) is 4.01. The summed E-state index contributed by atoms with van der Waals surface area (Å²) in [6.07, 6.45) is 5.78. The van der Waals surface area contributed by atoms with E-state index in [0.717, 1.165) is 40.0 Å². The molecular weight excluding hydrogens is 450 g/mol. The number of carbonyl (C=O) groups is 1. The molecule has 5 rings (SSSR count). The molecule has 0 atom stereocenters. The first-order chi connectivity index (χ1) is 17.4. The van der Waals surface area contributed by atoms with E-state index in [9.17, 15) is 4.79 Å². The van der Waals surface area contributed by atoms with E-state index < -0.39 is 5.91 Å². The Morgan fingerprint density at radius 1 is 0.944 bits per heavy atom. The van der Waals surface area contributed by atoms with Gasteiger partial charge >= 0.3 is 0 Å². The summed E-state index contributed by atoms with van der Waals surface area (Å²) in [5.74, 6) is 0.164. The second kappa shape index (κ2) is 10.4. The molecule has 0 unspecified atom stereocenters. The number of amides is 1. The Balaban J connectivity index is 0.00000148. The number of carbonyl (C=O) groups excluding carboxylic acids is 1. The number of rotatable bonds is 6. The number of hydrogen-bond acceptors (Lipinski definition) is 5. The lowest BCUT2D eigenvalue weighted by atomic mass is 10.1. The van der Waals surface area contributed by atoms with Crippen LogP contribution in [0.5, 0.6) is 0 Å². The first-order valence-corrected chi connectivity index (χ1v) is 11.9. The summed E-state index contributed by atoms with van der Waals surface area (Å²) in [7, 11) is 3.85. The highest BCUT2D eigenvalue weighted by Gasteiger charge is 2.12. The molecule has 0 aliphatic rings. The predicted molar refractivity (Wildman–Crippen MR) is 145 cm³/mol. The second-order valence-electron chi connectivity index (χ2n) is 8.50. The van der Waals surface area contributed by atoms with Crippen LogP contribution in [0.1, 0.15) is 35.6 Å². The van der Waals surface area contributed by atoms with Crippen molar-refractivity contribution in [3.63, 3.8) is 0 Å². The van der Waals surface area contributed by atoms with E-state index in [1.165, 1.54) is 5.56 Å². The average Bonchev–Trinajstić information content (AvgIpc) is 3.49. The van der Waals surface area contributed by atoms with Crippen LogP contribution >= 0.6 is 0 Å². The number of aryl methyl sites for hydroxylation is 1. The van der Waals surface area contributed by atoms with Crippen molar-refractivity contribution in [3.8, 4) is 16.8 Å². The van der Waals surface area contributed by atoms with Gasteiger partial charge in [0.25, 0.3) is 5.91 Å². The van der Waals surface area contributed by atoms with E-state index in [2.05, 4.69) is 68.3 Å². The third kappa shape index (κ3) is 4.98. The molecule has 0 saturated heterocycles. The van der Waals surface area contributed by atoms with Crippen LogP contribution in [0.3, 0.4) is 0 Å². The smallest absolute Gasteiger partial charge is 0.269 e. The van der Waals surface area contributed by atoms with Crippen molar-refractivity contribution in [2.45, 2.75) is 27.3 Å². The van der Waals surface area contributed by atoms with Crippen molar-refractivity contribution in [3.05, 3.63) is 90.1 Å². The van der Waals surface area contributed by atoms with Crippen molar-refractivity contribution in [2.24, 2.45) is 5.73 Å². The normalized spacial score (nSPS) is 10.7. The number of anilines is 1. The molecular formula is C28H31N7O. The number of fused-ring (bicyclic) bond motifs is 1. The van der Waals surface area contributed by atoms with Gasteiger partial charge in [-0.2, -0.15) is 5.10 Å². The molecule has 184 valence electrons. The van der Waals surface area contributed by atoms with E-state index in [1.54, 1.807) is 10.7 Å². The van der Waals surface area contributed by atoms with Gasteiger partial charge < -0.3 is 15.2 Å². The molecule has 0 aliphatic heterocycles. The number of nitrogens with zero attached hydrogens (tertiary/aromatic N) is 6. The summed E-state index contributed by atoms with van der Waals surface area (Å²) in [6, 6.07) is 18.4. The molecule has 8 nitrogen and oxygen atoms in total. The average molecular weight is 482 g/mol. The number of primary amides is 1. The largest absolute Gasteiger partial charge is 0.364 e. The zero-order chi connectivity index (χ0) is 25.8. The summed E-state index contributed by atoms with van der Waals surface area (Å²) in [5, 5.41) is 5.43. The zero-order valence-electron chi connectivity index (χ0n) is 21.3. The van der Waals surface area contributed by atoms with Crippen LogP contribution in [0.25, 0.3) is 27.7 Å². The van der Waals surface area contributed by atoms with Crippen LogP contribution in [0, 0.1) is 6.92 Å². The Morgan fingerprint density at radius 2 is 1.64 bits per heavy atom. The van der Waals surface area contributed by atoms with E-state index in [-0.39, 0.29) is 5.69 Å². The monoisotopic (exact) mass is 481 g/mol. The molecule has 5 aromatic rings. The van der Waals surface area contributed by atoms with Gasteiger partial charge in [-0.3, -0.25) is 4.79 Å². The maximum atomic E-state index is 11.5. The van der Waals surface area contributed by atoms with Crippen LogP contribution in [-0.2, 0) is 6.54 Å². The second-order valence-corrected chi connectivity index (χ2v) is 8.50. The highest BCUT2D eigenvalue weighted by molar-refractivity contribution is 5.91. The summed E-state index contributed by atoms with van der Waals surface area (Å²) in [5.41, 5.74) is 11.8. The Bertz CT molecular complexity index is 1480. The van der Waals surface area contributed by atoms with Crippen LogP contribution in [-0.4, -0.2) is 44.3 Å². The molecule has 0 aliphatic carbocycles. The van der Waals surface area contributed by atoms with E-state index in [0.29, 0.717) is 5.95 Å². The zero-order valence-corrected chi connectivity index (χ0v) is 21.3. The van der Waals surface area contributed by atoms with Crippen molar-refractivity contribution in [1.29, 1.82) is 0 Å². The topological polar surface area (TPSA) is 94.9 Å². The molecule has 0 saturated carbocycles. The lowest BCUT2D eigenvalue weighted by Gasteiger charge is -2.10. The maximum absolute atomic E-state index is 11.5. The summed E-state index contributed by atoms with van der Waals surface area (Å²) in [4.78, 5) is 22.1. The maximum Gasteiger partial charge on any atom is 0.269 e. The molecule has 8 heteroatoms. The molecule has 2 aromatic carbocycles. The van der Waals surface area contributed by atoms with Gasteiger partial charge in [0, 0.05) is 61.4 Å². The fourth-order valence-electron chi connectivity index (χ4n) is 4.01. The van der Waals surface area contributed by atoms with Gasteiger partial charge in [0.1, 0.15) is 0 Å². The van der Waals surface area contributed by atoms with Gasteiger partial charge in [-0.25, -0.2) is 14.6 Å². The van der Waals surface area contributed by atoms with E-state index in [1.807, 2.05) is 58.2 Å². The lowest BCUT2D eigenvalue weighted by Crippen LogP contribution is -2.12. The minimum absolute atomic E-state index is 0.263. The van der Waals surface area contributed by atoms with Gasteiger partial charge in [-0.15, -0.1) is 0 Å². The molecule has 0 fully saturated rings. The van der Waals surface area contributed by atoms with Gasteiger partial charge in [0.2, 0.25) is 5.95 Å². The van der Waals surface area contributed by atoms with Gasteiger partial charge in [-0.05, 0) is 48.4 Å². The number of nitrogens with two attached hydrogens (primary N) is 1. The molecule has 36 heavy (non-hydrogen) atoms. The standard InChI is InChI=1S/C26H25N7O.C2H6/c1-17-12-23(25(27)34)30-33(17)22-8-9-24-20(13-22)10-11-32(24)16-18-4-6-19(7-5-18)21-14-28-26(29-15-21)31(2)3;1-2/h4-15H,16H2,1-3H3,(H2,27,34);1-2H3. The summed E-state index contributed by atoms with van der Waals surface area (Å²) >= 11 is 0. The van der Waals surface area contributed by atoms with Crippen LogP contribution < -0.4 is 10.6 Å². The summed E-state index contributed by atoms with van der Waals surface area (Å²) < 4.78 is 3.96. The first kappa shape index (κ1) is 24.7. The predicted octanol–water partition coefficient (Wildman–Crippen LogP) is 4.83.